The number of fused-ring (bicyclic) bond motifs is 5. The number of rotatable bonds is 7. The lowest BCUT2D eigenvalue weighted by molar-refractivity contribution is 0.660. The standard InChI is InChI=1S/C59H43N/c1-59(2)55-25-9-7-21-54(55)58-53(24-13-26-56(58)59)52-20-8-10-27-57(52)60(47-38-34-45(35-39-47)51-23-12-17-43-15-4-6-19-49(43)51)46-36-32-41(33-37-46)40-28-30-44(31-29-40)50-22-11-16-42-14-3-5-18-48(42)50/h3-39H,1-2H3. The number of nitrogens with zero attached hydrogens (tertiary/aromatic N) is 1. The molecular weight excluding hydrogens is 723 g/mol. The van der Waals surface area contributed by atoms with Crippen LogP contribution in [0.4, 0.5) is 17.1 Å². The van der Waals surface area contributed by atoms with Crippen molar-refractivity contribution in [1.82, 2.24) is 0 Å². The van der Waals surface area contributed by atoms with Gasteiger partial charge in [-0.15, -0.1) is 0 Å². The number of hydrogen-bond donors (Lipinski definition) is 0. The van der Waals surface area contributed by atoms with Gasteiger partial charge >= 0.3 is 0 Å². The molecule has 0 spiro atoms. The van der Waals surface area contributed by atoms with E-state index < -0.39 is 0 Å². The fourth-order valence-electron chi connectivity index (χ4n) is 9.69. The third-order valence-electron chi connectivity index (χ3n) is 12.7. The Bertz CT molecular complexity index is 3200. The number of para-hydroxylation sites is 1. The van der Waals surface area contributed by atoms with Crippen LogP contribution in [0.15, 0.2) is 224 Å². The van der Waals surface area contributed by atoms with E-state index in [0.29, 0.717) is 0 Å². The molecule has 0 saturated carbocycles. The van der Waals surface area contributed by atoms with Crippen molar-refractivity contribution in [2.24, 2.45) is 0 Å². The van der Waals surface area contributed by atoms with E-state index in [1.165, 1.54) is 88.3 Å². The minimum Gasteiger partial charge on any atom is -0.310 e. The number of benzene rings is 10. The lowest BCUT2D eigenvalue weighted by atomic mass is 9.82. The summed E-state index contributed by atoms with van der Waals surface area (Å²) in [6.45, 7) is 4.71. The normalized spacial score (nSPS) is 12.6. The Kier molecular flexibility index (Phi) is 8.57. The van der Waals surface area contributed by atoms with Crippen molar-refractivity contribution in [1.29, 1.82) is 0 Å². The van der Waals surface area contributed by atoms with Crippen LogP contribution in [-0.4, -0.2) is 0 Å². The van der Waals surface area contributed by atoms with Gasteiger partial charge in [0.15, 0.2) is 0 Å². The Hall–Kier alpha value is -7.48. The van der Waals surface area contributed by atoms with Gasteiger partial charge in [-0.1, -0.05) is 208 Å². The predicted molar refractivity (Wildman–Crippen MR) is 255 cm³/mol. The molecule has 1 aliphatic carbocycles. The zero-order chi connectivity index (χ0) is 40.2. The number of anilines is 3. The van der Waals surface area contributed by atoms with Gasteiger partial charge in [0.25, 0.3) is 0 Å². The third-order valence-corrected chi connectivity index (χ3v) is 12.7. The molecule has 10 aromatic rings. The first kappa shape index (κ1) is 35.7. The lowest BCUT2D eigenvalue weighted by Gasteiger charge is -2.29. The molecular formula is C59H43N. The van der Waals surface area contributed by atoms with Gasteiger partial charge in [0, 0.05) is 22.4 Å². The summed E-state index contributed by atoms with van der Waals surface area (Å²) in [6.07, 6.45) is 0. The summed E-state index contributed by atoms with van der Waals surface area (Å²) in [6, 6.07) is 82.3. The van der Waals surface area contributed by atoms with E-state index in [2.05, 4.69) is 243 Å². The summed E-state index contributed by atoms with van der Waals surface area (Å²) in [7, 11) is 0. The van der Waals surface area contributed by atoms with E-state index >= 15 is 0 Å². The van der Waals surface area contributed by atoms with E-state index in [0.717, 1.165) is 17.1 Å². The van der Waals surface area contributed by atoms with Gasteiger partial charge in [-0.05, 0) is 113 Å². The van der Waals surface area contributed by atoms with Crippen molar-refractivity contribution < 1.29 is 0 Å². The van der Waals surface area contributed by atoms with Crippen LogP contribution < -0.4 is 4.90 Å². The van der Waals surface area contributed by atoms with E-state index in [9.17, 15) is 0 Å². The molecule has 0 bridgehead atoms. The monoisotopic (exact) mass is 765 g/mol. The zero-order valence-electron chi connectivity index (χ0n) is 33.8. The smallest absolute Gasteiger partial charge is 0.0540 e. The van der Waals surface area contributed by atoms with E-state index in [1.54, 1.807) is 0 Å². The van der Waals surface area contributed by atoms with Crippen LogP contribution >= 0.6 is 0 Å². The second-order valence-corrected chi connectivity index (χ2v) is 16.5. The van der Waals surface area contributed by atoms with Crippen molar-refractivity contribution in [2.45, 2.75) is 19.3 Å². The van der Waals surface area contributed by atoms with Crippen molar-refractivity contribution in [2.75, 3.05) is 4.90 Å². The molecule has 0 saturated heterocycles. The fraction of sp³-hybridized carbons (Fsp3) is 0.0508. The second-order valence-electron chi connectivity index (χ2n) is 16.5. The van der Waals surface area contributed by atoms with Crippen LogP contribution in [-0.2, 0) is 5.41 Å². The van der Waals surface area contributed by atoms with E-state index in [4.69, 9.17) is 0 Å². The summed E-state index contributed by atoms with van der Waals surface area (Å²) in [5.41, 5.74) is 18.4. The molecule has 0 aliphatic heterocycles. The SMILES string of the molecule is CC1(C)c2ccccc2-c2c(-c3ccccc3N(c3ccc(-c4ccc(-c5cccc6ccccc56)cc4)cc3)c3ccc(-c4cccc5ccccc45)cc3)cccc21. The van der Waals surface area contributed by atoms with Crippen LogP contribution in [0.25, 0.3) is 77.2 Å². The first-order valence-electron chi connectivity index (χ1n) is 20.9. The zero-order valence-corrected chi connectivity index (χ0v) is 33.8. The van der Waals surface area contributed by atoms with Gasteiger partial charge < -0.3 is 4.90 Å². The van der Waals surface area contributed by atoms with Crippen LogP contribution in [0.5, 0.6) is 0 Å². The Balaban J connectivity index is 1.02. The molecule has 1 aliphatic rings. The molecule has 0 aromatic heterocycles. The summed E-state index contributed by atoms with van der Waals surface area (Å²) < 4.78 is 0. The molecule has 0 atom stereocenters. The molecule has 0 unspecified atom stereocenters. The average Bonchev–Trinajstić information content (AvgIpc) is 3.55. The summed E-state index contributed by atoms with van der Waals surface area (Å²) >= 11 is 0. The van der Waals surface area contributed by atoms with Crippen LogP contribution in [0.3, 0.4) is 0 Å². The highest BCUT2D eigenvalue weighted by Gasteiger charge is 2.37. The van der Waals surface area contributed by atoms with E-state index in [1.807, 2.05) is 0 Å². The van der Waals surface area contributed by atoms with Crippen molar-refractivity contribution in [3.8, 4) is 55.6 Å². The van der Waals surface area contributed by atoms with Crippen LogP contribution in [0.2, 0.25) is 0 Å². The van der Waals surface area contributed by atoms with Gasteiger partial charge in [-0.2, -0.15) is 0 Å². The maximum atomic E-state index is 2.43. The minimum absolute atomic E-state index is 0.0864. The number of hydrogen-bond acceptors (Lipinski definition) is 1. The molecule has 0 heterocycles. The summed E-state index contributed by atoms with van der Waals surface area (Å²) in [5, 5.41) is 5.04. The highest BCUT2D eigenvalue weighted by atomic mass is 15.1. The largest absolute Gasteiger partial charge is 0.310 e. The Labute approximate surface area is 352 Å². The molecule has 0 N–H and O–H groups in total. The summed E-state index contributed by atoms with van der Waals surface area (Å²) in [4.78, 5) is 2.43. The first-order valence-corrected chi connectivity index (χ1v) is 20.9. The predicted octanol–water partition coefficient (Wildman–Crippen LogP) is 16.4. The van der Waals surface area contributed by atoms with E-state index in [-0.39, 0.29) is 5.41 Å². The highest BCUT2D eigenvalue weighted by Crippen LogP contribution is 2.54. The molecule has 11 rings (SSSR count). The molecule has 284 valence electrons. The Morgan fingerprint density at radius 1 is 0.300 bits per heavy atom. The van der Waals surface area contributed by atoms with Gasteiger partial charge in [-0.25, -0.2) is 0 Å². The molecule has 0 fully saturated rings. The molecule has 1 nitrogen and oxygen atoms in total. The molecule has 0 radical (unpaired) electrons. The maximum Gasteiger partial charge on any atom is 0.0540 e. The second kappa shape index (κ2) is 14.4. The topological polar surface area (TPSA) is 3.24 Å². The Morgan fingerprint density at radius 2 is 0.700 bits per heavy atom. The quantitative estimate of drug-likeness (QED) is 0.156. The maximum absolute atomic E-state index is 2.43. The van der Waals surface area contributed by atoms with Crippen LogP contribution in [0, 0.1) is 0 Å². The van der Waals surface area contributed by atoms with Gasteiger partial charge in [-0.3, -0.25) is 0 Å². The van der Waals surface area contributed by atoms with Crippen LogP contribution in [0.1, 0.15) is 25.0 Å². The van der Waals surface area contributed by atoms with Crippen molar-refractivity contribution in [3.05, 3.63) is 236 Å². The molecule has 1 heteroatoms. The molecule has 60 heavy (non-hydrogen) atoms. The van der Waals surface area contributed by atoms with Crippen molar-refractivity contribution in [3.63, 3.8) is 0 Å². The fourth-order valence-corrected chi connectivity index (χ4v) is 9.69. The van der Waals surface area contributed by atoms with Gasteiger partial charge in [0.1, 0.15) is 0 Å². The molecule has 10 aromatic carbocycles. The lowest BCUT2D eigenvalue weighted by Crippen LogP contribution is -2.14. The third kappa shape index (κ3) is 5.93. The summed E-state index contributed by atoms with van der Waals surface area (Å²) in [5.74, 6) is 0. The first-order chi connectivity index (χ1) is 29.5. The van der Waals surface area contributed by atoms with Gasteiger partial charge in [0.2, 0.25) is 0 Å². The Morgan fingerprint density at radius 3 is 1.32 bits per heavy atom. The highest BCUT2D eigenvalue weighted by molar-refractivity contribution is 6.00. The average molecular weight is 766 g/mol. The van der Waals surface area contributed by atoms with Gasteiger partial charge in [0.05, 0.1) is 5.69 Å². The molecule has 0 amide bonds. The minimum atomic E-state index is -0.0864. The van der Waals surface area contributed by atoms with Crippen molar-refractivity contribution >= 4 is 38.6 Å².